The number of carbonyl (C=O) groups is 1. The topological polar surface area (TPSA) is 29.5 Å². The molecule has 0 aromatic heterocycles. The SMILES string of the molecule is CC(C)(C)OC(=O)N1CCCCC1(c1ccccc1)c1ccccc1. The van der Waals surface area contributed by atoms with Crippen molar-refractivity contribution in [3.8, 4) is 0 Å². The molecule has 1 aliphatic rings. The molecule has 2 aromatic carbocycles. The largest absolute Gasteiger partial charge is 0.444 e. The van der Waals surface area contributed by atoms with Crippen LogP contribution in [0.2, 0.25) is 0 Å². The average molecular weight is 337 g/mol. The first-order valence-corrected chi connectivity index (χ1v) is 9.05. The predicted molar refractivity (Wildman–Crippen MR) is 100 cm³/mol. The fraction of sp³-hybridized carbons (Fsp3) is 0.409. The molecule has 3 nitrogen and oxygen atoms in total. The molecule has 1 amide bonds. The normalized spacial score (nSPS) is 17.2. The number of carbonyl (C=O) groups excluding carboxylic acids is 1. The lowest BCUT2D eigenvalue weighted by Crippen LogP contribution is -2.54. The van der Waals surface area contributed by atoms with Gasteiger partial charge in [0.1, 0.15) is 5.60 Å². The molecular formula is C22H27NO2. The van der Waals surface area contributed by atoms with Crippen molar-refractivity contribution in [2.45, 2.75) is 51.2 Å². The molecule has 3 rings (SSSR count). The molecule has 0 spiro atoms. The van der Waals surface area contributed by atoms with Gasteiger partial charge in [0.25, 0.3) is 0 Å². The lowest BCUT2D eigenvalue weighted by atomic mass is 9.75. The first kappa shape index (κ1) is 17.5. The van der Waals surface area contributed by atoms with Crippen molar-refractivity contribution in [2.75, 3.05) is 6.54 Å². The molecule has 1 saturated heterocycles. The molecule has 0 radical (unpaired) electrons. The first-order chi connectivity index (χ1) is 11.9. The number of benzene rings is 2. The maximum Gasteiger partial charge on any atom is 0.411 e. The second kappa shape index (κ2) is 6.91. The lowest BCUT2D eigenvalue weighted by Gasteiger charge is -2.48. The number of nitrogens with zero attached hydrogens (tertiary/aromatic N) is 1. The van der Waals surface area contributed by atoms with Crippen molar-refractivity contribution in [3.63, 3.8) is 0 Å². The molecule has 0 atom stereocenters. The summed E-state index contributed by atoms with van der Waals surface area (Å²) >= 11 is 0. The van der Waals surface area contributed by atoms with Crippen molar-refractivity contribution in [1.29, 1.82) is 0 Å². The Hall–Kier alpha value is -2.29. The molecule has 3 heteroatoms. The van der Waals surface area contributed by atoms with Crippen LogP contribution in [-0.4, -0.2) is 23.1 Å². The third-order valence-electron chi connectivity index (χ3n) is 4.75. The van der Waals surface area contributed by atoms with Gasteiger partial charge in [0, 0.05) is 6.54 Å². The van der Waals surface area contributed by atoms with Crippen molar-refractivity contribution in [2.24, 2.45) is 0 Å². The summed E-state index contributed by atoms with van der Waals surface area (Å²) < 4.78 is 5.76. The van der Waals surface area contributed by atoms with Gasteiger partial charge in [-0.1, -0.05) is 60.7 Å². The molecule has 0 saturated carbocycles. The Labute approximate surface area is 150 Å². The van der Waals surface area contributed by atoms with E-state index in [1.54, 1.807) is 0 Å². The summed E-state index contributed by atoms with van der Waals surface area (Å²) in [5, 5.41) is 0. The summed E-state index contributed by atoms with van der Waals surface area (Å²) in [5.41, 5.74) is 1.31. The van der Waals surface area contributed by atoms with E-state index >= 15 is 0 Å². The summed E-state index contributed by atoms with van der Waals surface area (Å²) in [4.78, 5) is 15.0. The van der Waals surface area contributed by atoms with Gasteiger partial charge >= 0.3 is 6.09 Å². The third kappa shape index (κ3) is 3.55. The second-order valence-electron chi connectivity index (χ2n) is 7.68. The number of hydrogen-bond donors (Lipinski definition) is 0. The molecule has 1 aliphatic heterocycles. The van der Waals surface area contributed by atoms with Crippen LogP contribution in [-0.2, 0) is 10.3 Å². The van der Waals surface area contributed by atoms with Crippen molar-refractivity contribution >= 4 is 6.09 Å². The van der Waals surface area contributed by atoms with Crippen LogP contribution in [0.5, 0.6) is 0 Å². The predicted octanol–water partition coefficient (Wildman–Crippen LogP) is 5.35. The maximum absolute atomic E-state index is 13.1. The molecule has 1 heterocycles. The van der Waals surface area contributed by atoms with E-state index in [1.165, 1.54) is 0 Å². The van der Waals surface area contributed by atoms with Gasteiger partial charge < -0.3 is 4.74 Å². The van der Waals surface area contributed by atoms with E-state index in [1.807, 2.05) is 62.1 Å². The lowest BCUT2D eigenvalue weighted by molar-refractivity contribution is -0.00700. The van der Waals surface area contributed by atoms with Crippen LogP contribution in [0.3, 0.4) is 0 Å². The van der Waals surface area contributed by atoms with Crippen LogP contribution in [0.1, 0.15) is 51.2 Å². The Morgan fingerprint density at radius 3 is 1.92 bits per heavy atom. The molecule has 0 N–H and O–H groups in total. The molecule has 0 aliphatic carbocycles. The minimum absolute atomic E-state index is 0.236. The number of ether oxygens (including phenoxy) is 1. The van der Waals surface area contributed by atoms with Crippen molar-refractivity contribution in [1.82, 2.24) is 4.90 Å². The van der Waals surface area contributed by atoms with Gasteiger partial charge in [-0.3, -0.25) is 4.90 Å². The molecule has 132 valence electrons. The van der Waals surface area contributed by atoms with Gasteiger partial charge in [-0.15, -0.1) is 0 Å². The number of piperidine rings is 1. The van der Waals surface area contributed by atoms with E-state index in [2.05, 4.69) is 24.3 Å². The first-order valence-electron chi connectivity index (χ1n) is 9.05. The quantitative estimate of drug-likeness (QED) is 0.739. The summed E-state index contributed by atoms with van der Waals surface area (Å²) in [6.45, 7) is 6.46. The molecule has 1 fully saturated rings. The van der Waals surface area contributed by atoms with Crippen LogP contribution in [0.25, 0.3) is 0 Å². The molecule has 0 bridgehead atoms. The maximum atomic E-state index is 13.1. The Morgan fingerprint density at radius 1 is 0.920 bits per heavy atom. The summed E-state index contributed by atoms with van der Waals surface area (Å²) in [5.74, 6) is 0. The van der Waals surface area contributed by atoms with Gasteiger partial charge in [0.15, 0.2) is 0 Å². The monoisotopic (exact) mass is 337 g/mol. The van der Waals surface area contributed by atoms with E-state index in [0.29, 0.717) is 6.54 Å². The van der Waals surface area contributed by atoms with Gasteiger partial charge in [-0.05, 0) is 51.2 Å². The van der Waals surface area contributed by atoms with Gasteiger partial charge in [0.2, 0.25) is 0 Å². The summed E-state index contributed by atoms with van der Waals surface area (Å²) in [6, 6.07) is 20.7. The van der Waals surface area contributed by atoms with Crippen LogP contribution < -0.4 is 0 Å². The van der Waals surface area contributed by atoms with E-state index in [9.17, 15) is 4.79 Å². The van der Waals surface area contributed by atoms with Crippen molar-refractivity contribution < 1.29 is 9.53 Å². The summed E-state index contributed by atoms with van der Waals surface area (Å²) in [6.07, 6.45) is 2.75. The minimum atomic E-state index is -0.506. The Kier molecular flexibility index (Phi) is 4.85. The second-order valence-corrected chi connectivity index (χ2v) is 7.68. The fourth-order valence-corrected chi connectivity index (χ4v) is 3.74. The Bertz CT molecular complexity index is 664. The van der Waals surface area contributed by atoms with E-state index < -0.39 is 11.1 Å². The van der Waals surface area contributed by atoms with E-state index in [0.717, 1.165) is 30.4 Å². The molecule has 2 aromatic rings. The third-order valence-corrected chi connectivity index (χ3v) is 4.75. The molecule has 25 heavy (non-hydrogen) atoms. The van der Waals surface area contributed by atoms with Crippen LogP contribution in [0, 0.1) is 0 Å². The molecule has 0 unspecified atom stereocenters. The molecular weight excluding hydrogens is 310 g/mol. The van der Waals surface area contributed by atoms with Crippen LogP contribution in [0.4, 0.5) is 4.79 Å². The Morgan fingerprint density at radius 2 is 1.44 bits per heavy atom. The van der Waals surface area contributed by atoms with Gasteiger partial charge in [-0.2, -0.15) is 0 Å². The fourth-order valence-electron chi connectivity index (χ4n) is 3.74. The number of likely N-dealkylation sites (tertiary alicyclic amines) is 1. The van der Waals surface area contributed by atoms with Gasteiger partial charge in [0.05, 0.1) is 5.54 Å². The van der Waals surface area contributed by atoms with Crippen LogP contribution >= 0.6 is 0 Å². The zero-order chi connectivity index (χ0) is 17.9. The van der Waals surface area contributed by atoms with Crippen molar-refractivity contribution in [3.05, 3.63) is 71.8 Å². The van der Waals surface area contributed by atoms with E-state index in [4.69, 9.17) is 4.74 Å². The number of hydrogen-bond acceptors (Lipinski definition) is 2. The highest BCUT2D eigenvalue weighted by molar-refractivity contribution is 5.71. The van der Waals surface area contributed by atoms with Gasteiger partial charge in [-0.25, -0.2) is 4.79 Å². The smallest absolute Gasteiger partial charge is 0.411 e. The van der Waals surface area contributed by atoms with Crippen LogP contribution in [0.15, 0.2) is 60.7 Å². The number of rotatable bonds is 2. The zero-order valence-electron chi connectivity index (χ0n) is 15.4. The summed E-state index contributed by atoms with van der Waals surface area (Å²) in [7, 11) is 0. The Balaban J connectivity index is 2.12. The highest BCUT2D eigenvalue weighted by atomic mass is 16.6. The highest BCUT2D eigenvalue weighted by Crippen LogP contribution is 2.44. The number of amides is 1. The van der Waals surface area contributed by atoms with E-state index in [-0.39, 0.29) is 6.09 Å². The minimum Gasteiger partial charge on any atom is -0.444 e. The highest BCUT2D eigenvalue weighted by Gasteiger charge is 2.45. The standard InChI is InChI=1S/C22H27NO2/c1-21(2,3)25-20(24)23-17-11-10-16-22(23,18-12-6-4-7-13-18)19-14-8-5-9-15-19/h4-9,12-15H,10-11,16-17H2,1-3H3. The zero-order valence-corrected chi connectivity index (χ0v) is 15.4. The average Bonchev–Trinajstić information content (AvgIpc) is 2.61.